The highest BCUT2D eigenvalue weighted by Gasteiger charge is 2.15. The molecule has 0 aliphatic heterocycles. The third-order valence-electron chi connectivity index (χ3n) is 3.26. The Labute approximate surface area is 116 Å². The van der Waals surface area contributed by atoms with Crippen LogP contribution >= 0.6 is 0 Å². The number of rotatable bonds is 3. The van der Waals surface area contributed by atoms with Crippen molar-refractivity contribution < 1.29 is 5.11 Å². The Hall–Kier alpha value is -2.56. The van der Waals surface area contributed by atoms with Crippen molar-refractivity contribution in [1.82, 2.24) is 14.5 Å². The fourth-order valence-electron chi connectivity index (χ4n) is 2.38. The molecule has 2 aromatic heterocycles. The van der Waals surface area contributed by atoms with E-state index in [-0.39, 0.29) is 5.75 Å². The van der Waals surface area contributed by atoms with Crippen molar-refractivity contribution in [1.29, 1.82) is 0 Å². The number of fused-ring (bicyclic) bond motifs is 1. The van der Waals surface area contributed by atoms with Gasteiger partial charge in [-0.05, 0) is 24.6 Å². The number of hydrogen-bond donors (Lipinski definition) is 2. The van der Waals surface area contributed by atoms with Crippen LogP contribution in [0, 0.1) is 0 Å². The van der Waals surface area contributed by atoms with Crippen molar-refractivity contribution in [3.8, 4) is 17.1 Å². The van der Waals surface area contributed by atoms with E-state index in [4.69, 9.17) is 5.73 Å². The first-order valence-electron chi connectivity index (χ1n) is 6.60. The molecule has 20 heavy (non-hydrogen) atoms. The molecule has 0 unspecified atom stereocenters. The second-order valence-electron chi connectivity index (χ2n) is 4.73. The molecule has 0 amide bonds. The molecule has 2 heterocycles. The molecule has 5 nitrogen and oxygen atoms in total. The van der Waals surface area contributed by atoms with Crippen LogP contribution < -0.4 is 5.73 Å². The quantitative estimate of drug-likeness (QED) is 0.716. The molecule has 0 spiro atoms. The maximum absolute atomic E-state index is 10.1. The monoisotopic (exact) mass is 268 g/mol. The van der Waals surface area contributed by atoms with Gasteiger partial charge in [0.2, 0.25) is 0 Å². The second kappa shape index (κ2) is 4.85. The molecule has 1 aromatic carbocycles. The van der Waals surface area contributed by atoms with Gasteiger partial charge in [-0.2, -0.15) is 0 Å². The third-order valence-corrected chi connectivity index (χ3v) is 3.26. The summed E-state index contributed by atoms with van der Waals surface area (Å²) >= 11 is 0. The van der Waals surface area contributed by atoms with E-state index in [1.54, 1.807) is 30.6 Å². The molecule has 3 N–H and O–H groups in total. The molecule has 3 aromatic rings. The lowest BCUT2D eigenvalue weighted by Crippen LogP contribution is -2.00. The smallest absolute Gasteiger partial charge is 0.144 e. The maximum Gasteiger partial charge on any atom is 0.144 e. The number of hydrogen-bond acceptors (Lipinski definition) is 4. The summed E-state index contributed by atoms with van der Waals surface area (Å²) in [6.45, 7) is 2.94. The van der Waals surface area contributed by atoms with Crippen molar-refractivity contribution >= 4 is 16.7 Å². The zero-order valence-electron chi connectivity index (χ0n) is 11.2. The lowest BCUT2D eigenvalue weighted by Gasteiger charge is -2.09. The summed E-state index contributed by atoms with van der Waals surface area (Å²) in [4.78, 5) is 8.69. The first kappa shape index (κ1) is 12.5. The maximum atomic E-state index is 10.1. The van der Waals surface area contributed by atoms with Gasteiger partial charge >= 0.3 is 0 Å². The molecule has 0 fully saturated rings. The van der Waals surface area contributed by atoms with Gasteiger partial charge in [-0.15, -0.1) is 0 Å². The van der Waals surface area contributed by atoms with Crippen LogP contribution in [0.5, 0.6) is 5.75 Å². The average molecular weight is 268 g/mol. The van der Waals surface area contributed by atoms with Gasteiger partial charge in [-0.1, -0.05) is 6.92 Å². The van der Waals surface area contributed by atoms with Gasteiger partial charge < -0.3 is 15.4 Å². The van der Waals surface area contributed by atoms with E-state index in [9.17, 15) is 5.11 Å². The van der Waals surface area contributed by atoms with Crippen LogP contribution in [0.4, 0.5) is 5.69 Å². The number of phenolic OH excluding ortho intramolecular Hbond substituents is 1. The van der Waals surface area contributed by atoms with Gasteiger partial charge in [0.05, 0.1) is 17.3 Å². The Kier molecular flexibility index (Phi) is 3.02. The number of nitrogens with zero attached hydrogens (tertiary/aromatic N) is 3. The fourth-order valence-corrected chi connectivity index (χ4v) is 2.38. The molecule has 0 radical (unpaired) electrons. The van der Waals surface area contributed by atoms with Crippen LogP contribution in [0.3, 0.4) is 0 Å². The molecule has 0 atom stereocenters. The van der Waals surface area contributed by atoms with Gasteiger partial charge in [0.15, 0.2) is 0 Å². The number of aryl methyl sites for hydroxylation is 1. The summed E-state index contributed by atoms with van der Waals surface area (Å²) in [7, 11) is 0. The van der Waals surface area contributed by atoms with Crippen molar-refractivity contribution in [3.63, 3.8) is 0 Å². The van der Waals surface area contributed by atoms with Crippen LogP contribution in [0.2, 0.25) is 0 Å². The zero-order chi connectivity index (χ0) is 14.1. The number of aromatic hydroxyl groups is 1. The number of benzene rings is 1. The number of imidazole rings is 1. The predicted octanol–water partition coefficient (Wildman–Crippen LogP) is 2.80. The Morgan fingerprint density at radius 1 is 1.30 bits per heavy atom. The van der Waals surface area contributed by atoms with Crippen molar-refractivity contribution in [2.45, 2.75) is 19.9 Å². The minimum absolute atomic E-state index is 0.144. The normalized spacial score (nSPS) is 11.1. The third kappa shape index (κ3) is 1.97. The first-order valence-corrected chi connectivity index (χ1v) is 6.60. The van der Waals surface area contributed by atoms with E-state index in [1.807, 2.05) is 6.07 Å². The van der Waals surface area contributed by atoms with E-state index >= 15 is 0 Å². The Balaban J connectivity index is 2.26. The number of aromatic nitrogens is 3. The Morgan fingerprint density at radius 2 is 2.15 bits per heavy atom. The fraction of sp³-hybridized carbons (Fsp3) is 0.200. The first-order chi connectivity index (χ1) is 9.70. The highest BCUT2D eigenvalue weighted by molar-refractivity contribution is 5.81. The topological polar surface area (TPSA) is 77.0 Å². The molecule has 0 aliphatic rings. The molecule has 102 valence electrons. The predicted molar refractivity (Wildman–Crippen MR) is 79.3 cm³/mol. The molecule has 0 saturated carbocycles. The number of phenols is 1. The minimum atomic E-state index is 0.144. The second-order valence-corrected chi connectivity index (χ2v) is 4.73. The Morgan fingerprint density at radius 3 is 2.90 bits per heavy atom. The molecule has 0 saturated heterocycles. The average Bonchev–Trinajstić information content (AvgIpc) is 2.78. The summed E-state index contributed by atoms with van der Waals surface area (Å²) in [5.41, 5.74) is 8.75. The van der Waals surface area contributed by atoms with E-state index in [0.29, 0.717) is 11.3 Å². The van der Waals surface area contributed by atoms with Crippen LogP contribution in [0.15, 0.2) is 36.7 Å². The molecule has 5 heteroatoms. The van der Waals surface area contributed by atoms with Crippen LogP contribution in [0.25, 0.3) is 22.4 Å². The Bertz CT molecular complexity index is 764. The number of nitrogen functional groups attached to an aromatic ring is 1. The summed E-state index contributed by atoms with van der Waals surface area (Å²) < 4.78 is 2.10. The van der Waals surface area contributed by atoms with Gasteiger partial charge in [0.25, 0.3) is 0 Å². The van der Waals surface area contributed by atoms with E-state index in [1.165, 1.54) is 0 Å². The van der Waals surface area contributed by atoms with Crippen molar-refractivity contribution in [2.24, 2.45) is 0 Å². The van der Waals surface area contributed by atoms with Crippen molar-refractivity contribution in [3.05, 3.63) is 36.7 Å². The SMILES string of the molecule is CCCn1c(-c2ccc(N)cc2O)nc2cnccc21. The highest BCUT2D eigenvalue weighted by Crippen LogP contribution is 2.32. The lowest BCUT2D eigenvalue weighted by atomic mass is 10.1. The largest absolute Gasteiger partial charge is 0.507 e. The van der Waals surface area contributed by atoms with E-state index < -0.39 is 0 Å². The van der Waals surface area contributed by atoms with E-state index in [2.05, 4.69) is 21.5 Å². The number of pyridine rings is 1. The molecular weight excluding hydrogens is 252 g/mol. The van der Waals surface area contributed by atoms with Gasteiger partial charge in [0.1, 0.15) is 17.1 Å². The molecular formula is C15H16N4O. The van der Waals surface area contributed by atoms with Gasteiger partial charge in [-0.25, -0.2) is 4.98 Å². The summed E-state index contributed by atoms with van der Waals surface area (Å²) in [5, 5.41) is 10.1. The summed E-state index contributed by atoms with van der Waals surface area (Å²) in [6, 6.07) is 7.05. The highest BCUT2D eigenvalue weighted by atomic mass is 16.3. The van der Waals surface area contributed by atoms with E-state index in [0.717, 1.165) is 29.8 Å². The molecule has 0 aliphatic carbocycles. The van der Waals surface area contributed by atoms with Crippen LogP contribution in [-0.4, -0.2) is 19.6 Å². The van der Waals surface area contributed by atoms with Crippen molar-refractivity contribution in [2.75, 3.05) is 5.73 Å². The van der Waals surface area contributed by atoms with Gasteiger partial charge in [0, 0.05) is 24.5 Å². The summed E-state index contributed by atoms with van der Waals surface area (Å²) in [5.74, 6) is 0.887. The number of anilines is 1. The standard InChI is InChI=1S/C15H16N4O/c1-2-7-19-13-5-6-17-9-12(13)18-15(19)11-4-3-10(16)8-14(11)20/h3-6,8-9,20H,2,7,16H2,1H3. The lowest BCUT2D eigenvalue weighted by molar-refractivity contribution is 0.476. The molecule has 3 rings (SSSR count). The summed E-state index contributed by atoms with van der Waals surface area (Å²) in [6.07, 6.45) is 4.47. The van der Waals surface area contributed by atoms with Gasteiger partial charge in [-0.3, -0.25) is 4.98 Å². The minimum Gasteiger partial charge on any atom is -0.507 e. The van der Waals surface area contributed by atoms with Crippen LogP contribution in [0.1, 0.15) is 13.3 Å². The molecule has 0 bridgehead atoms. The number of nitrogens with two attached hydrogens (primary N) is 1. The van der Waals surface area contributed by atoms with Crippen LogP contribution in [-0.2, 0) is 6.54 Å². The zero-order valence-corrected chi connectivity index (χ0v) is 11.2.